The molecular weight excluding hydrogens is 266 g/mol. The van der Waals surface area contributed by atoms with Crippen molar-refractivity contribution in [3.63, 3.8) is 0 Å². The molecule has 5 heteroatoms. The summed E-state index contributed by atoms with van der Waals surface area (Å²) in [4.78, 5) is 4.68. The second kappa shape index (κ2) is 5.48. The number of aromatic nitrogens is 2. The van der Waals surface area contributed by atoms with Gasteiger partial charge in [-0.25, -0.2) is 0 Å². The molecule has 0 saturated carbocycles. The monoisotopic (exact) mass is 285 g/mol. The summed E-state index contributed by atoms with van der Waals surface area (Å²) in [5, 5.41) is 7.62. The van der Waals surface area contributed by atoms with E-state index in [2.05, 4.69) is 21.5 Å². The van der Waals surface area contributed by atoms with E-state index in [1.165, 1.54) is 6.42 Å². The van der Waals surface area contributed by atoms with E-state index >= 15 is 0 Å². The molecule has 1 fully saturated rings. The number of fused-ring (bicyclic) bond motifs is 1. The number of para-hydroxylation sites is 1. The van der Waals surface area contributed by atoms with Crippen molar-refractivity contribution in [2.24, 2.45) is 0 Å². The molecule has 2 atom stereocenters. The molecule has 21 heavy (non-hydrogen) atoms. The van der Waals surface area contributed by atoms with Gasteiger partial charge in [-0.1, -0.05) is 23.4 Å². The zero-order valence-electron chi connectivity index (χ0n) is 11.9. The molecule has 2 aliphatic heterocycles. The second-order valence-corrected chi connectivity index (χ2v) is 5.76. The fourth-order valence-corrected chi connectivity index (χ4v) is 3.23. The topological polar surface area (TPSA) is 60.2 Å². The lowest BCUT2D eigenvalue weighted by Crippen LogP contribution is -2.29. The summed E-state index contributed by atoms with van der Waals surface area (Å²) in [6.07, 6.45) is 3.20. The van der Waals surface area contributed by atoms with Gasteiger partial charge in [-0.15, -0.1) is 0 Å². The van der Waals surface area contributed by atoms with Crippen LogP contribution in [0, 0.1) is 0 Å². The number of nitrogens with one attached hydrogen (secondary N) is 1. The van der Waals surface area contributed by atoms with Gasteiger partial charge in [0.25, 0.3) is 0 Å². The summed E-state index contributed by atoms with van der Waals surface area (Å²) in [6, 6.07) is 8.12. The Kier molecular flexibility index (Phi) is 3.35. The van der Waals surface area contributed by atoms with Gasteiger partial charge in [-0.05, 0) is 31.9 Å². The van der Waals surface area contributed by atoms with Gasteiger partial charge in [0.1, 0.15) is 5.75 Å². The van der Waals surface area contributed by atoms with Crippen LogP contribution in [-0.2, 0) is 0 Å². The Morgan fingerprint density at radius 3 is 3.05 bits per heavy atom. The largest absolute Gasteiger partial charge is 0.493 e. The summed E-state index contributed by atoms with van der Waals surface area (Å²) < 4.78 is 11.3. The third kappa shape index (κ3) is 2.42. The molecule has 1 aromatic heterocycles. The first-order valence-electron chi connectivity index (χ1n) is 7.68. The van der Waals surface area contributed by atoms with Crippen molar-refractivity contribution in [1.29, 1.82) is 0 Å². The van der Waals surface area contributed by atoms with Crippen LogP contribution in [0.2, 0.25) is 0 Å². The van der Waals surface area contributed by atoms with Crippen LogP contribution in [0.15, 0.2) is 28.8 Å². The zero-order chi connectivity index (χ0) is 14.1. The number of hydrogen-bond donors (Lipinski definition) is 1. The van der Waals surface area contributed by atoms with Crippen LogP contribution >= 0.6 is 0 Å². The Morgan fingerprint density at radius 2 is 2.14 bits per heavy atom. The molecule has 0 bridgehead atoms. The SMILES string of the molecule is c1ccc2c(c1)OCCC2c1nc(C2CCCNC2)no1. The van der Waals surface area contributed by atoms with E-state index in [1.807, 2.05) is 18.2 Å². The number of rotatable bonds is 2. The minimum absolute atomic E-state index is 0.160. The average molecular weight is 285 g/mol. The van der Waals surface area contributed by atoms with Crippen LogP contribution in [0.4, 0.5) is 0 Å². The van der Waals surface area contributed by atoms with E-state index < -0.39 is 0 Å². The first-order chi connectivity index (χ1) is 10.4. The maximum absolute atomic E-state index is 5.70. The predicted octanol–water partition coefficient (Wildman–Crippen LogP) is 2.45. The molecule has 1 aromatic carbocycles. The smallest absolute Gasteiger partial charge is 0.234 e. The van der Waals surface area contributed by atoms with E-state index in [4.69, 9.17) is 9.26 Å². The third-order valence-corrected chi connectivity index (χ3v) is 4.38. The minimum atomic E-state index is 0.160. The van der Waals surface area contributed by atoms with Crippen LogP contribution < -0.4 is 10.1 Å². The molecule has 0 aliphatic carbocycles. The Balaban J connectivity index is 1.61. The fraction of sp³-hybridized carbons (Fsp3) is 0.500. The first kappa shape index (κ1) is 12.8. The predicted molar refractivity (Wildman–Crippen MR) is 77.5 cm³/mol. The summed E-state index contributed by atoms with van der Waals surface area (Å²) in [6.45, 7) is 2.74. The minimum Gasteiger partial charge on any atom is -0.493 e. The molecule has 1 saturated heterocycles. The van der Waals surface area contributed by atoms with Gasteiger partial charge in [0.05, 0.1) is 12.5 Å². The molecule has 3 heterocycles. The Hall–Kier alpha value is -1.88. The van der Waals surface area contributed by atoms with Crippen molar-refractivity contribution in [3.05, 3.63) is 41.5 Å². The van der Waals surface area contributed by atoms with Crippen LogP contribution in [0.5, 0.6) is 5.75 Å². The van der Waals surface area contributed by atoms with Gasteiger partial charge in [0, 0.05) is 18.0 Å². The number of hydrogen-bond acceptors (Lipinski definition) is 5. The maximum atomic E-state index is 5.70. The van der Waals surface area contributed by atoms with E-state index in [9.17, 15) is 0 Å². The molecule has 5 nitrogen and oxygen atoms in total. The zero-order valence-corrected chi connectivity index (χ0v) is 11.9. The van der Waals surface area contributed by atoms with Crippen molar-refractivity contribution < 1.29 is 9.26 Å². The van der Waals surface area contributed by atoms with Gasteiger partial charge >= 0.3 is 0 Å². The summed E-state index contributed by atoms with van der Waals surface area (Å²) in [7, 11) is 0. The Labute approximate surface area is 123 Å². The maximum Gasteiger partial charge on any atom is 0.234 e. The first-order valence-corrected chi connectivity index (χ1v) is 7.68. The van der Waals surface area contributed by atoms with Gasteiger partial charge in [-0.3, -0.25) is 0 Å². The molecule has 110 valence electrons. The van der Waals surface area contributed by atoms with Crippen molar-refractivity contribution in [3.8, 4) is 5.75 Å². The number of nitrogens with zero attached hydrogens (tertiary/aromatic N) is 2. The van der Waals surface area contributed by atoms with Crippen molar-refractivity contribution in [2.45, 2.75) is 31.1 Å². The summed E-state index contributed by atoms with van der Waals surface area (Å²) in [5.41, 5.74) is 1.15. The van der Waals surface area contributed by atoms with Gasteiger partial charge in [-0.2, -0.15) is 4.98 Å². The highest BCUT2D eigenvalue weighted by Crippen LogP contribution is 2.37. The van der Waals surface area contributed by atoms with Crippen molar-refractivity contribution in [2.75, 3.05) is 19.7 Å². The van der Waals surface area contributed by atoms with Crippen LogP contribution in [0.3, 0.4) is 0 Å². The molecule has 0 amide bonds. The standard InChI is InChI=1S/C16H19N3O2/c1-2-6-14-12(5-1)13(7-9-20-14)16-18-15(19-21-16)11-4-3-8-17-10-11/h1-2,5-6,11,13,17H,3-4,7-10H2. The highest BCUT2D eigenvalue weighted by atomic mass is 16.5. The lowest BCUT2D eigenvalue weighted by atomic mass is 9.93. The average Bonchev–Trinajstić information content (AvgIpc) is 3.05. The lowest BCUT2D eigenvalue weighted by Gasteiger charge is -2.23. The van der Waals surface area contributed by atoms with E-state index in [-0.39, 0.29) is 5.92 Å². The van der Waals surface area contributed by atoms with E-state index in [0.717, 1.165) is 49.0 Å². The molecule has 4 rings (SSSR count). The highest BCUT2D eigenvalue weighted by Gasteiger charge is 2.29. The molecule has 2 aromatic rings. The molecular formula is C16H19N3O2. The Morgan fingerprint density at radius 1 is 1.19 bits per heavy atom. The van der Waals surface area contributed by atoms with Gasteiger partial charge in [0.2, 0.25) is 5.89 Å². The second-order valence-electron chi connectivity index (χ2n) is 5.76. The van der Waals surface area contributed by atoms with Crippen LogP contribution in [-0.4, -0.2) is 29.8 Å². The highest BCUT2D eigenvalue weighted by molar-refractivity contribution is 5.40. The summed E-state index contributed by atoms with van der Waals surface area (Å²) >= 11 is 0. The number of ether oxygens (including phenoxy) is 1. The molecule has 0 radical (unpaired) electrons. The van der Waals surface area contributed by atoms with Crippen LogP contribution in [0.1, 0.15) is 48.4 Å². The molecule has 2 aliphatic rings. The Bertz CT molecular complexity index is 619. The van der Waals surface area contributed by atoms with Crippen molar-refractivity contribution in [1.82, 2.24) is 15.5 Å². The number of benzene rings is 1. The third-order valence-electron chi connectivity index (χ3n) is 4.38. The molecule has 2 unspecified atom stereocenters. The molecule has 1 N–H and O–H groups in total. The summed E-state index contributed by atoms with van der Waals surface area (Å²) in [5.74, 6) is 3.06. The van der Waals surface area contributed by atoms with Gasteiger partial charge < -0.3 is 14.6 Å². The number of piperidine rings is 1. The van der Waals surface area contributed by atoms with Crippen LogP contribution in [0.25, 0.3) is 0 Å². The van der Waals surface area contributed by atoms with Crippen molar-refractivity contribution >= 4 is 0 Å². The van der Waals surface area contributed by atoms with Gasteiger partial charge in [0.15, 0.2) is 5.82 Å². The fourth-order valence-electron chi connectivity index (χ4n) is 3.23. The lowest BCUT2D eigenvalue weighted by molar-refractivity contribution is 0.256. The quantitative estimate of drug-likeness (QED) is 0.918. The normalized spacial score (nSPS) is 25.1. The molecule has 0 spiro atoms. The van der Waals surface area contributed by atoms with E-state index in [1.54, 1.807) is 0 Å². The van der Waals surface area contributed by atoms with E-state index in [0.29, 0.717) is 12.5 Å².